The molecule has 2 aliphatic carbocycles. The van der Waals surface area contributed by atoms with E-state index in [2.05, 4.69) is 35.2 Å². The van der Waals surface area contributed by atoms with Gasteiger partial charge in [-0.15, -0.1) is 0 Å². The molecule has 2 fully saturated rings. The fourth-order valence-corrected chi connectivity index (χ4v) is 5.41. The standard InChI is InChI=1S/C25H35NO3/c1-28-24(27)12-19-26-17-10-21(11-18-26)20-4-6-22(7-5-20)29-23-8-15-25(16-9-23)13-2-3-14-25/h4-7,10,23H,2-3,8-9,11-19H2,1H3. The lowest BCUT2D eigenvalue weighted by Gasteiger charge is -2.37. The Labute approximate surface area is 175 Å². The van der Waals surface area contributed by atoms with Crippen LogP contribution in [0.3, 0.4) is 0 Å². The maximum atomic E-state index is 11.3. The van der Waals surface area contributed by atoms with Gasteiger partial charge in [0.15, 0.2) is 0 Å². The van der Waals surface area contributed by atoms with Crippen molar-refractivity contribution >= 4 is 11.5 Å². The molecular weight excluding hydrogens is 362 g/mol. The number of carbonyl (C=O) groups is 1. The molecule has 4 heteroatoms. The number of methoxy groups -OCH3 is 1. The van der Waals surface area contributed by atoms with E-state index in [0.29, 0.717) is 17.9 Å². The van der Waals surface area contributed by atoms with Gasteiger partial charge in [-0.25, -0.2) is 0 Å². The van der Waals surface area contributed by atoms with Crippen LogP contribution in [0.15, 0.2) is 30.3 Å². The van der Waals surface area contributed by atoms with Crippen LogP contribution in [0.2, 0.25) is 0 Å². The molecule has 0 unspecified atom stereocenters. The molecule has 0 amide bonds. The third-order valence-corrected chi connectivity index (χ3v) is 7.34. The summed E-state index contributed by atoms with van der Waals surface area (Å²) in [6.45, 7) is 2.66. The fourth-order valence-electron chi connectivity index (χ4n) is 5.41. The van der Waals surface area contributed by atoms with Crippen LogP contribution >= 0.6 is 0 Å². The van der Waals surface area contributed by atoms with Gasteiger partial charge in [-0.1, -0.05) is 31.1 Å². The first-order chi connectivity index (χ1) is 14.2. The number of hydrogen-bond donors (Lipinski definition) is 0. The molecule has 0 atom stereocenters. The van der Waals surface area contributed by atoms with E-state index in [1.165, 1.54) is 69.6 Å². The highest BCUT2D eigenvalue weighted by molar-refractivity contribution is 5.69. The smallest absolute Gasteiger partial charge is 0.306 e. The third kappa shape index (κ3) is 5.22. The molecule has 29 heavy (non-hydrogen) atoms. The minimum absolute atomic E-state index is 0.133. The maximum Gasteiger partial charge on any atom is 0.306 e. The summed E-state index contributed by atoms with van der Waals surface area (Å²) in [6.07, 6.45) is 15.1. The number of rotatable bonds is 6. The van der Waals surface area contributed by atoms with Gasteiger partial charge in [0, 0.05) is 19.6 Å². The zero-order valence-corrected chi connectivity index (χ0v) is 17.8. The molecule has 1 heterocycles. The van der Waals surface area contributed by atoms with Crippen molar-refractivity contribution in [1.82, 2.24) is 4.90 Å². The Balaban J connectivity index is 1.25. The maximum absolute atomic E-state index is 11.3. The van der Waals surface area contributed by atoms with E-state index in [1.54, 1.807) is 0 Å². The Morgan fingerprint density at radius 2 is 1.83 bits per heavy atom. The number of ether oxygens (including phenoxy) is 2. The van der Waals surface area contributed by atoms with Crippen LogP contribution in [-0.2, 0) is 9.53 Å². The molecule has 0 aromatic heterocycles. The zero-order chi connectivity index (χ0) is 20.1. The predicted molar refractivity (Wildman–Crippen MR) is 116 cm³/mol. The van der Waals surface area contributed by atoms with E-state index in [1.807, 2.05) is 0 Å². The lowest BCUT2D eigenvalue weighted by atomic mass is 9.72. The second kappa shape index (κ2) is 9.34. The highest BCUT2D eigenvalue weighted by Crippen LogP contribution is 2.49. The van der Waals surface area contributed by atoms with Crippen LogP contribution in [0, 0.1) is 5.41 Å². The topological polar surface area (TPSA) is 38.8 Å². The van der Waals surface area contributed by atoms with E-state index in [4.69, 9.17) is 9.47 Å². The van der Waals surface area contributed by atoms with Crippen molar-refractivity contribution in [2.24, 2.45) is 5.41 Å². The number of esters is 1. The molecule has 4 rings (SSSR count). The Kier molecular flexibility index (Phi) is 6.59. The highest BCUT2D eigenvalue weighted by Gasteiger charge is 2.38. The first-order valence-corrected chi connectivity index (χ1v) is 11.4. The quantitative estimate of drug-likeness (QED) is 0.617. The molecule has 4 nitrogen and oxygen atoms in total. The van der Waals surface area contributed by atoms with Gasteiger partial charge in [-0.05, 0) is 73.6 Å². The first-order valence-electron chi connectivity index (χ1n) is 11.4. The monoisotopic (exact) mass is 397 g/mol. The lowest BCUT2D eigenvalue weighted by molar-refractivity contribution is -0.140. The largest absolute Gasteiger partial charge is 0.490 e. The summed E-state index contributed by atoms with van der Waals surface area (Å²) in [4.78, 5) is 13.6. The van der Waals surface area contributed by atoms with E-state index in [0.717, 1.165) is 31.8 Å². The Bertz CT molecular complexity index is 708. The zero-order valence-electron chi connectivity index (χ0n) is 17.8. The third-order valence-electron chi connectivity index (χ3n) is 7.34. The fraction of sp³-hybridized carbons (Fsp3) is 0.640. The van der Waals surface area contributed by atoms with Crippen molar-refractivity contribution in [3.05, 3.63) is 35.9 Å². The number of carbonyl (C=O) groups excluding carboxylic acids is 1. The Hall–Kier alpha value is -1.81. The Morgan fingerprint density at radius 3 is 2.45 bits per heavy atom. The summed E-state index contributed by atoms with van der Waals surface area (Å²) in [7, 11) is 1.45. The molecule has 1 aromatic rings. The highest BCUT2D eigenvalue weighted by atomic mass is 16.5. The molecule has 158 valence electrons. The van der Waals surface area contributed by atoms with Crippen molar-refractivity contribution in [1.29, 1.82) is 0 Å². The van der Waals surface area contributed by atoms with E-state index < -0.39 is 0 Å². The molecule has 0 saturated heterocycles. The second-order valence-electron chi connectivity index (χ2n) is 9.15. The summed E-state index contributed by atoms with van der Waals surface area (Å²) >= 11 is 0. The second-order valence-corrected chi connectivity index (χ2v) is 9.15. The first kappa shape index (κ1) is 20.5. The van der Waals surface area contributed by atoms with Crippen molar-refractivity contribution in [2.75, 3.05) is 26.7 Å². The number of benzene rings is 1. The molecule has 1 aromatic carbocycles. The molecule has 0 N–H and O–H groups in total. The van der Waals surface area contributed by atoms with E-state index >= 15 is 0 Å². The van der Waals surface area contributed by atoms with Gasteiger partial charge < -0.3 is 9.47 Å². The van der Waals surface area contributed by atoms with Crippen LogP contribution < -0.4 is 4.74 Å². The molecule has 0 radical (unpaired) electrons. The normalized spacial score (nSPS) is 22.4. The van der Waals surface area contributed by atoms with Gasteiger partial charge in [0.2, 0.25) is 0 Å². The molecular formula is C25H35NO3. The summed E-state index contributed by atoms with van der Waals surface area (Å²) in [6, 6.07) is 8.68. The summed E-state index contributed by atoms with van der Waals surface area (Å²) in [5.74, 6) is 0.879. The van der Waals surface area contributed by atoms with Crippen molar-refractivity contribution < 1.29 is 14.3 Å². The minimum Gasteiger partial charge on any atom is -0.490 e. The van der Waals surface area contributed by atoms with Gasteiger partial charge in [0.05, 0.1) is 19.6 Å². The lowest BCUT2D eigenvalue weighted by Crippen LogP contribution is -2.31. The van der Waals surface area contributed by atoms with Crippen LogP contribution in [-0.4, -0.2) is 43.7 Å². The van der Waals surface area contributed by atoms with Crippen LogP contribution in [0.25, 0.3) is 5.57 Å². The van der Waals surface area contributed by atoms with Crippen LogP contribution in [0.5, 0.6) is 5.75 Å². The average molecular weight is 398 g/mol. The van der Waals surface area contributed by atoms with Crippen molar-refractivity contribution in [3.63, 3.8) is 0 Å². The molecule has 1 aliphatic heterocycles. The van der Waals surface area contributed by atoms with E-state index in [-0.39, 0.29) is 5.97 Å². The average Bonchev–Trinajstić information content (AvgIpc) is 3.23. The van der Waals surface area contributed by atoms with Gasteiger partial charge in [0.25, 0.3) is 0 Å². The van der Waals surface area contributed by atoms with Gasteiger partial charge >= 0.3 is 5.97 Å². The molecule has 1 spiro atoms. The minimum atomic E-state index is -0.133. The molecule has 3 aliphatic rings. The van der Waals surface area contributed by atoms with Gasteiger partial charge in [0.1, 0.15) is 5.75 Å². The Morgan fingerprint density at radius 1 is 1.10 bits per heavy atom. The SMILES string of the molecule is COC(=O)CCN1CC=C(c2ccc(OC3CCC4(CCCC4)CC3)cc2)CC1. The van der Waals surface area contributed by atoms with E-state index in [9.17, 15) is 4.79 Å². The van der Waals surface area contributed by atoms with Gasteiger partial charge in [-0.2, -0.15) is 0 Å². The van der Waals surface area contributed by atoms with Crippen LogP contribution in [0.1, 0.15) is 69.8 Å². The molecule has 2 saturated carbocycles. The van der Waals surface area contributed by atoms with Gasteiger partial charge in [-0.3, -0.25) is 9.69 Å². The predicted octanol–water partition coefficient (Wildman–Crippen LogP) is 5.22. The van der Waals surface area contributed by atoms with Crippen molar-refractivity contribution in [3.8, 4) is 5.75 Å². The summed E-state index contributed by atoms with van der Waals surface area (Å²) in [5, 5.41) is 0. The summed E-state index contributed by atoms with van der Waals surface area (Å²) in [5.41, 5.74) is 3.35. The summed E-state index contributed by atoms with van der Waals surface area (Å²) < 4.78 is 11.0. The number of nitrogens with zero attached hydrogens (tertiary/aromatic N) is 1. The van der Waals surface area contributed by atoms with Crippen LogP contribution in [0.4, 0.5) is 0 Å². The molecule has 0 bridgehead atoms. The number of hydrogen-bond acceptors (Lipinski definition) is 4. The van der Waals surface area contributed by atoms with Crippen molar-refractivity contribution in [2.45, 2.75) is 70.3 Å².